The van der Waals surface area contributed by atoms with Gasteiger partial charge in [-0.3, -0.25) is 24.2 Å². The van der Waals surface area contributed by atoms with E-state index in [1.54, 1.807) is 23.1 Å². The van der Waals surface area contributed by atoms with E-state index < -0.39 is 0 Å². The Labute approximate surface area is 196 Å². The van der Waals surface area contributed by atoms with Crippen LogP contribution < -0.4 is 10.2 Å². The van der Waals surface area contributed by atoms with E-state index in [0.29, 0.717) is 38.3 Å². The number of nitrogens with zero attached hydrogens (tertiary/aromatic N) is 2. The molecular formula is C24H23N3O3S2. The Morgan fingerprint density at radius 1 is 1.06 bits per heavy atom. The largest absolute Gasteiger partial charge is 0.325 e. The SMILES string of the molecule is CCCCN1C(=O)/C(=C2/C(=O)N(CC(=O)Nc3cccc(C)c3)c3ccccc32)SC1=S. The van der Waals surface area contributed by atoms with E-state index >= 15 is 0 Å². The van der Waals surface area contributed by atoms with Crippen LogP contribution in [-0.4, -0.2) is 40.0 Å². The Bertz CT molecular complexity index is 1160. The molecule has 0 bridgehead atoms. The van der Waals surface area contributed by atoms with Gasteiger partial charge in [-0.15, -0.1) is 0 Å². The molecule has 1 fully saturated rings. The molecule has 2 aliphatic heterocycles. The van der Waals surface area contributed by atoms with Gasteiger partial charge in [0.15, 0.2) is 0 Å². The maximum atomic E-state index is 13.4. The minimum atomic E-state index is -0.360. The lowest BCUT2D eigenvalue weighted by Crippen LogP contribution is -2.35. The molecule has 2 aliphatic rings. The summed E-state index contributed by atoms with van der Waals surface area (Å²) in [5, 5.41) is 2.84. The minimum Gasteiger partial charge on any atom is -0.325 e. The van der Waals surface area contributed by atoms with Gasteiger partial charge in [0.2, 0.25) is 5.91 Å². The first-order valence-corrected chi connectivity index (χ1v) is 11.7. The summed E-state index contributed by atoms with van der Waals surface area (Å²) in [6, 6.07) is 14.7. The fraction of sp³-hybridized carbons (Fsp3) is 0.250. The van der Waals surface area contributed by atoms with Crippen molar-refractivity contribution in [1.82, 2.24) is 4.90 Å². The molecule has 6 nitrogen and oxygen atoms in total. The van der Waals surface area contributed by atoms with Crippen molar-refractivity contribution in [3.63, 3.8) is 0 Å². The second-order valence-electron chi connectivity index (χ2n) is 7.71. The zero-order valence-electron chi connectivity index (χ0n) is 17.9. The van der Waals surface area contributed by atoms with Gasteiger partial charge in [-0.1, -0.05) is 67.7 Å². The Morgan fingerprint density at radius 3 is 2.59 bits per heavy atom. The molecule has 1 saturated heterocycles. The summed E-state index contributed by atoms with van der Waals surface area (Å²) in [4.78, 5) is 42.6. The highest BCUT2D eigenvalue weighted by Gasteiger charge is 2.42. The van der Waals surface area contributed by atoms with Gasteiger partial charge in [-0.25, -0.2) is 0 Å². The lowest BCUT2D eigenvalue weighted by molar-refractivity contribution is -0.122. The first-order valence-electron chi connectivity index (χ1n) is 10.5. The number of anilines is 2. The van der Waals surface area contributed by atoms with Gasteiger partial charge in [0.05, 0.1) is 16.2 Å². The molecule has 0 aromatic heterocycles. The van der Waals surface area contributed by atoms with Crippen LogP contribution in [0.15, 0.2) is 53.4 Å². The molecule has 2 heterocycles. The number of hydrogen-bond donors (Lipinski definition) is 1. The summed E-state index contributed by atoms with van der Waals surface area (Å²) in [7, 11) is 0. The van der Waals surface area contributed by atoms with Gasteiger partial charge in [0.1, 0.15) is 10.9 Å². The molecule has 2 aromatic carbocycles. The number of thiocarbonyl (C=S) groups is 1. The molecular weight excluding hydrogens is 442 g/mol. The number of amides is 3. The molecule has 8 heteroatoms. The fourth-order valence-electron chi connectivity index (χ4n) is 3.78. The number of carbonyl (C=O) groups is 3. The van der Waals surface area contributed by atoms with Crippen molar-refractivity contribution in [3.05, 3.63) is 64.6 Å². The number of hydrogen-bond acceptors (Lipinski definition) is 5. The minimum absolute atomic E-state index is 0.149. The molecule has 0 unspecified atom stereocenters. The molecule has 164 valence electrons. The van der Waals surface area contributed by atoms with Gasteiger partial charge in [0, 0.05) is 17.8 Å². The summed E-state index contributed by atoms with van der Waals surface area (Å²) < 4.78 is 0.465. The number of para-hydroxylation sites is 1. The van der Waals surface area contributed by atoms with Gasteiger partial charge in [0.25, 0.3) is 11.8 Å². The fourth-order valence-corrected chi connectivity index (χ4v) is 5.16. The standard InChI is InChI=1S/C24H23N3O3S2/c1-3-4-12-26-23(30)21(32-24(26)31)20-17-10-5-6-11-18(17)27(22(20)29)14-19(28)25-16-9-7-8-15(2)13-16/h5-11,13H,3-4,12,14H2,1-2H3,(H,25,28)/b21-20-. The van der Waals surface area contributed by atoms with Crippen molar-refractivity contribution in [2.45, 2.75) is 26.7 Å². The first-order chi connectivity index (χ1) is 15.4. The van der Waals surface area contributed by atoms with Crippen LogP contribution in [-0.2, 0) is 14.4 Å². The van der Waals surface area contributed by atoms with Gasteiger partial charge >= 0.3 is 0 Å². The topological polar surface area (TPSA) is 69.7 Å². The normalized spacial score (nSPS) is 17.9. The highest BCUT2D eigenvalue weighted by Crippen LogP contribution is 2.44. The first kappa shape index (κ1) is 22.2. The summed E-state index contributed by atoms with van der Waals surface area (Å²) in [5.41, 5.74) is 3.28. The Kier molecular flexibility index (Phi) is 6.43. The Hall–Kier alpha value is -2.97. The maximum Gasteiger partial charge on any atom is 0.267 e. The molecule has 0 spiro atoms. The molecule has 32 heavy (non-hydrogen) atoms. The number of nitrogens with one attached hydrogen (secondary N) is 1. The van der Waals surface area contributed by atoms with Crippen LogP contribution in [0.4, 0.5) is 11.4 Å². The van der Waals surface area contributed by atoms with Gasteiger partial charge in [-0.05, 0) is 37.1 Å². The average molecular weight is 466 g/mol. The smallest absolute Gasteiger partial charge is 0.267 e. The third-order valence-electron chi connectivity index (χ3n) is 5.34. The Balaban J connectivity index is 1.63. The summed E-state index contributed by atoms with van der Waals surface area (Å²) in [5.74, 6) is -0.908. The molecule has 0 aliphatic carbocycles. The number of fused-ring (bicyclic) bond motifs is 1. The summed E-state index contributed by atoms with van der Waals surface area (Å²) in [6.45, 7) is 4.38. The van der Waals surface area contributed by atoms with Crippen LogP contribution in [0, 0.1) is 6.92 Å². The number of unbranched alkanes of at least 4 members (excludes halogenated alkanes) is 1. The molecule has 3 amide bonds. The zero-order chi connectivity index (χ0) is 22.8. The van der Waals surface area contributed by atoms with E-state index in [-0.39, 0.29) is 24.3 Å². The van der Waals surface area contributed by atoms with E-state index in [1.165, 1.54) is 4.90 Å². The number of benzene rings is 2. The second kappa shape index (κ2) is 9.26. The van der Waals surface area contributed by atoms with Crippen LogP contribution in [0.2, 0.25) is 0 Å². The van der Waals surface area contributed by atoms with Crippen molar-refractivity contribution >= 4 is 63.0 Å². The maximum absolute atomic E-state index is 13.4. The lowest BCUT2D eigenvalue weighted by Gasteiger charge is -2.17. The number of carbonyl (C=O) groups excluding carboxylic acids is 3. The van der Waals surface area contributed by atoms with E-state index in [0.717, 1.165) is 30.2 Å². The highest BCUT2D eigenvalue weighted by atomic mass is 32.2. The van der Waals surface area contributed by atoms with Crippen LogP contribution in [0.25, 0.3) is 5.57 Å². The van der Waals surface area contributed by atoms with Gasteiger partial charge < -0.3 is 5.32 Å². The quantitative estimate of drug-likeness (QED) is 0.507. The van der Waals surface area contributed by atoms with E-state index in [1.807, 2.05) is 44.2 Å². The number of rotatable bonds is 6. The molecule has 4 rings (SSSR count). The van der Waals surface area contributed by atoms with Crippen LogP contribution in [0.3, 0.4) is 0 Å². The second-order valence-corrected chi connectivity index (χ2v) is 9.35. The summed E-state index contributed by atoms with van der Waals surface area (Å²) >= 11 is 6.57. The monoisotopic (exact) mass is 465 g/mol. The third kappa shape index (κ3) is 4.20. The van der Waals surface area contributed by atoms with Crippen LogP contribution >= 0.6 is 24.0 Å². The van der Waals surface area contributed by atoms with Crippen molar-refractivity contribution in [1.29, 1.82) is 0 Å². The van der Waals surface area contributed by atoms with Crippen molar-refractivity contribution < 1.29 is 14.4 Å². The molecule has 2 aromatic rings. The highest BCUT2D eigenvalue weighted by molar-refractivity contribution is 8.26. The predicted molar refractivity (Wildman–Crippen MR) is 132 cm³/mol. The van der Waals surface area contributed by atoms with Crippen LogP contribution in [0.5, 0.6) is 0 Å². The average Bonchev–Trinajstić information content (AvgIpc) is 3.19. The molecule has 0 atom stereocenters. The number of aryl methyl sites for hydroxylation is 1. The number of thioether (sulfide) groups is 1. The van der Waals surface area contributed by atoms with Crippen molar-refractivity contribution in [2.75, 3.05) is 23.3 Å². The Morgan fingerprint density at radius 2 is 1.84 bits per heavy atom. The predicted octanol–water partition coefficient (Wildman–Crippen LogP) is 4.35. The van der Waals surface area contributed by atoms with Crippen molar-refractivity contribution in [3.8, 4) is 0 Å². The van der Waals surface area contributed by atoms with E-state index in [9.17, 15) is 14.4 Å². The van der Waals surface area contributed by atoms with Crippen LogP contribution in [0.1, 0.15) is 30.9 Å². The molecule has 0 saturated carbocycles. The summed E-state index contributed by atoms with van der Waals surface area (Å²) in [6.07, 6.45) is 1.78. The molecule has 0 radical (unpaired) electrons. The van der Waals surface area contributed by atoms with Crippen molar-refractivity contribution in [2.24, 2.45) is 0 Å². The van der Waals surface area contributed by atoms with E-state index in [2.05, 4.69) is 5.32 Å². The zero-order valence-corrected chi connectivity index (χ0v) is 19.5. The molecule has 1 N–H and O–H groups in total. The lowest BCUT2D eigenvalue weighted by atomic mass is 10.1. The van der Waals surface area contributed by atoms with Gasteiger partial charge in [-0.2, -0.15) is 0 Å². The van der Waals surface area contributed by atoms with E-state index in [4.69, 9.17) is 12.2 Å². The third-order valence-corrected chi connectivity index (χ3v) is 6.79.